The summed E-state index contributed by atoms with van der Waals surface area (Å²) in [6.45, 7) is 4.35. The van der Waals surface area contributed by atoms with Crippen LogP contribution in [0.25, 0.3) is 0 Å². The zero-order valence-corrected chi connectivity index (χ0v) is 13.9. The van der Waals surface area contributed by atoms with Crippen LogP contribution < -0.4 is 0 Å². The van der Waals surface area contributed by atoms with Crippen molar-refractivity contribution in [1.82, 2.24) is 9.88 Å². The van der Waals surface area contributed by atoms with Crippen LogP contribution in [0.3, 0.4) is 0 Å². The van der Waals surface area contributed by atoms with Gasteiger partial charge < -0.3 is 4.90 Å². The van der Waals surface area contributed by atoms with E-state index in [0.29, 0.717) is 18.4 Å². The molecule has 2 aromatic rings. The zero-order valence-electron chi connectivity index (χ0n) is 13.1. The molecule has 1 saturated heterocycles. The first kappa shape index (κ1) is 15.2. The Kier molecular flexibility index (Phi) is 4.57. The van der Waals surface area contributed by atoms with E-state index in [0.717, 1.165) is 18.5 Å². The van der Waals surface area contributed by atoms with Gasteiger partial charge in [-0.3, -0.25) is 4.79 Å². The van der Waals surface area contributed by atoms with Gasteiger partial charge in [0, 0.05) is 29.8 Å². The van der Waals surface area contributed by atoms with Crippen LogP contribution in [0.15, 0.2) is 41.2 Å². The highest BCUT2D eigenvalue weighted by atomic mass is 32.1. The van der Waals surface area contributed by atoms with Crippen molar-refractivity contribution in [3.63, 3.8) is 0 Å². The van der Waals surface area contributed by atoms with Gasteiger partial charge >= 0.3 is 0 Å². The van der Waals surface area contributed by atoms with Crippen LogP contribution in [-0.2, 0) is 11.2 Å². The summed E-state index contributed by atoms with van der Waals surface area (Å²) in [6.07, 6.45) is 2.35. The van der Waals surface area contributed by atoms with Gasteiger partial charge in [0.1, 0.15) is 0 Å². The normalized spacial score (nSPS) is 24.6. The van der Waals surface area contributed by atoms with Crippen molar-refractivity contribution in [2.45, 2.75) is 51.1 Å². The smallest absolute Gasteiger partial charge is 0.223 e. The van der Waals surface area contributed by atoms with E-state index in [1.54, 1.807) is 11.3 Å². The molecular weight excluding hydrogens is 292 g/mol. The van der Waals surface area contributed by atoms with Crippen LogP contribution in [0.2, 0.25) is 0 Å². The quantitative estimate of drug-likeness (QED) is 0.858. The Labute approximate surface area is 136 Å². The number of carbonyl (C=O) groups excluding carboxylic acids is 1. The molecule has 0 aliphatic carbocycles. The topological polar surface area (TPSA) is 33.2 Å². The Balaban J connectivity index is 1.67. The van der Waals surface area contributed by atoms with E-state index in [1.807, 2.05) is 17.0 Å². The molecule has 0 N–H and O–H groups in total. The Morgan fingerprint density at radius 2 is 2.09 bits per heavy atom. The highest BCUT2D eigenvalue weighted by molar-refractivity contribution is 7.07. The molecule has 4 heteroatoms. The van der Waals surface area contributed by atoms with Gasteiger partial charge in [0.05, 0.1) is 11.2 Å². The monoisotopic (exact) mass is 314 g/mol. The SMILES string of the molecule is C[C@@H]1C[C@@H](c2ccccc2)[C@H](C)N1C(=O)CCc1cscn1. The second-order valence-electron chi connectivity index (χ2n) is 6.12. The van der Waals surface area contributed by atoms with E-state index < -0.39 is 0 Å². The van der Waals surface area contributed by atoms with E-state index >= 15 is 0 Å². The van der Waals surface area contributed by atoms with Gasteiger partial charge in [0.2, 0.25) is 5.91 Å². The van der Waals surface area contributed by atoms with E-state index in [-0.39, 0.29) is 11.9 Å². The molecule has 0 saturated carbocycles. The Morgan fingerprint density at radius 3 is 2.77 bits per heavy atom. The maximum Gasteiger partial charge on any atom is 0.223 e. The summed E-state index contributed by atoms with van der Waals surface area (Å²) in [5.74, 6) is 0.700. The molecule has 22 heavy (non-hydrogen) atoms. The Morgan fingerprint density at radius 1 is 1.32 bits per heavy atom. The summed E-state index contributed by atoms with van der Waals surface area (Å²) in [5, 5.41) is 2.02. The molecule has 0 radical (unpaired) electrons. The lowest BCUT2D eigenvalue weighted by molar-refractivity contribution is -0.133. The first-order valence-corrected chi connectivity index (χ1v) is 8.84. The fourth-order valence-electron chi connectivity index (χ4n) is 3.59. The minimum absolute atomic E-state index is 0.256. The van der Waals surface area contributed by atoms with Crippen LogP contribution >= 0.6 is 11.3 Å². The average molecular weight is 314 g/mol. The predicted octanol–water partition coefficient (Wildman–Crippen LogP) is 3.87. The largest absolute Gasteiger partial charge is 0.337 e. The van der Waals surface area contributed by atoms with Gasteiger partial charge in [0.25, 0.3) is 0 Å². The lowest BCUT2D eigenvalue weighted by Crippen LogP contribution is -2.39. The lowest BCUT2D eigenvalue weighted by atomic mass is 9.92. The van der Waals surface area contributed by atoms with E-state index in [2.05, 4.69) is 48.0 Å². The minimum atomic E-state index is 0.256. The molecule has 3 atom stereocenters. The van der Waals surface area contributed by atoms with Gasteiger partial charge in [0.15, 0.2) is 0 Å². The molecule has 3 nitrogen and oxygen atoms in total. The van der Waals surface area contributed by atoms with Gasteiger partial charge in [-0.2, -0.15) is 0 Å². The number of rotatable bonds is 4. The molecule has 0 bridgehead atoms. The molecule has 3 rings (SSSR count). The van der Waals surface area contributed by atoms with Crippen LogP contribution in [0.5, 0.6) is 0 Å². The van der Waals surface area contributed by atoms with Crippen LogP contribution in [0.1, 0.15) is 43.9 Å². The lowest BCUT2D eigenvalue weighted by Gasteiger charge is -2.28. The summed E-state index contributed by atoms with van der Waals surface area (Å²) in [4.78, 5) is 19.0. The number of amides is 1. The van der Waals surface area contributed by atoms with Crippen molar-refractivity contribution < 1.29 is 4.79 Å². The first-order chi connectivity index (χ1) is 10.7. The number of thiazole rings is 1. The van der Waals surface area contributed by atoms with Crippen LogP contribution in [-0.4, -0.2) is 27.9 Å². The number of aromatic nitrogens is 1. The number of nitrogens with zero attached hydrogens (tertiary/aromatic N) is 2. The van der Waals surface area contributed by atoms with Crippen molar-refractivity contribution in [2.75, 3.05) is 0 Å². The summed E-state index contributed by atoms with van der Waals surface area (Å²) in [6, 6.07) is 11.1. The zero-order chi connectivity index (χ0) is 15.5. The van der Waals surface area contributed by atoms with Crippen molar-refractivity contribution in [3.8, 4) is 0 Å². The second-order valence-corrected chi connectivity index (χ2v) is 6.84. The summed E-state index contributed by atoms with van der Waals surface area (Å²) in [5.41, 5.74) is 4.20. The highest BCUT2D eigenvalue weighted by Crippen LogP contribution is 2.37. The van der Waals surface area contributed by atoms with E-state index in [4.69, 9.17) is 0 Å². The molecule has 116 valence electrons. The maximum absolute atomic E-state index is 12.6. The number of hydrogen-bond donors (Lipinski definition) is 0. The Bertz CT molecular complexity index is 611. The summed E-state index contributed by atoms with van der Waals surface area (Å²) < 4.78 is 0. The number of likely N-dealkylation sites (tertiary alicyclic amines) is 1. The number of benzene rings is 1. The van der Waals surface area contributed by atoms with E-state index in [1.165, 1.54) is 5.56 Å². The molecule has 0 spiro atoms. The summed E-state index contributed by atoms with van der Waals surface area (Å²) >= 11 is 1.59. The number of carbonyl (C=O) groups is 1. The molecule has 1 aromatic heterocycles. The van der Waals surface area contributed by atoms with Crippen molar-refractivity contribution in [1.29, 1.82) is 0 Å². The number of aryl methyl sites for hydroxylation is 1. The van der Waals surface area contributed by atoms with Gasteiger partial charge in [-0.15, -0.1) is 11.3 Å². The minimum Gasteiger partial charge on any atom is -0.337 e. The van der Waals surface area contributed by atoms with Crippen LogP contribution in [0, 0.1) is 0 Å². The fraction of sp³-hybridized carbons (Fsp3) is 0.444. The third-order valence-electron chi connectivity index (χ3n) is 4.69. The first-order valence-electron chi connectivity index (χ1n) is 7.90. The maximum atomic E-state index is 12.6. The van der Waals surface area contributed by atoms with Gasteiger partial charge in [-0.25, -0.2) is 4.98 Å². The molecule has 1 aromatic carbocycles. The molecule has 1 aliphatic heterocycles. The molecule has 1 amide bonds. The molecule has 1 aliphatic rings. The number of hydrogen-bond acceptors (Lipinski definition) is 3. The molecule has 2 heterocycles. The summed E-state index contributed by atoms with van der Waals surface area (Å²) in [7, 11) is 0. The van der Waals surface area contributed by atoms with E-state index in [9.17, 15) is 4.79 Å². The third kappa shape index (κ3) is 3.07. The second kappa shape index (κ2) is 6.61. The van der Waals surface area contributed by atoms with Crippen molar-refractivity contribution >= 4 is 17.2 Å². The molecule has 1 fully saturated rings. The molecule has 0 unspecified atom stereocenters. The Hall–Kier alpha value is -1.68. The van der Waals surface area contributed by atoms with Crippen molar-refractivity contribution in [2.24, 2.45) is 0 Å². The predicted molar refractivity (Wildman–Crippen MR) is 90.0 cm³/mol. The van der Waals surface area contributed by atoms with Gasteiger partial charge in [-0.05, 0) is 32.3 Å². The molecular formula is C18H22N2OS. The average Bonchev–Trinajstić information content (AvgIpc) is 3.14. The van der Waals surface area contributed by atoms with Crippen molar-refractivity contribution in [3.05, 3.63) is 52.5 Å². The van der Waals surface area contributed by atoms with Crippen LogP contribution in [0.4, 0.5) is 0 Å². The third-order valence-corrected chi connectivity index (χ3v) is 5.32. The standard InChI is InChI=1S/C18H22N2OS/c1-13-10-17(15-6-4-3-5-7-15)14(2)20(13)18(21)9-8-16-11-22-12-19-16/h3-7,11-14,17H,8-10H2,1-2H3/t13-,14+,17-/m1/s1. The fourth-order valence-corrected chi connectivity index (χ4v) is 4.18. The van der Waals surface area contributed by atoms with Gasteiger partial charge in [-0.1, -0.05) is 30.3 Å². The highest BCUT2D eigenvalue weighted by Gasteiger charge is 2.39.